The molecule has 0 saturated carbocycles. The molecule has 92 heavy (non-hydrogen) atoms. The van der Waals surface area contributed by atoms with Crippen molar-refractivity contribution in [3.8, 4) is 134 Å². The summed E-state index contributed by atoms with van der Waals surface area (Å²) in [4.78, 5) is 20.7. The molecular formula is C86H54N4O2. The summed E-state index contributed by atoms with van der Waals surface area (Å²) in [7, 11) is 0. The zero-order valence-corrected chi connectivity index (χ0v) is 49.8. The van der Waals surface area contributed by atoms with Crippen LogP contribution < -0.4 is 0 Å². The molecule has 430 valence electrons. The Kier molecular flexibility index (Phi) is 13.4. The van der Waals surface area contributed by atoms with Gasteiger partial charge in [0.05, 0.1) is 34.2 Å². The van der Waals surface area contributed by atoms with Crippen molar-refractivity contribution in [1.82, 2.24) is 19.9 Å². The first-order valence-corrected chi connectivity index (χ1v) is 31.0. The summed E-state index contributed by atoms with van der Waals surface area (Å²) in [6.45, 7) is 0. The molecule has 0 fully saturated rings. The van der Waals surface area contributed by atoms with Gasteiger partial charge >= 0.3 is 0 Å². The summed E-state index contributed by atoms with van der Waals surface area (Å²) >= 11 is 0. The third kappa shape index (κ3) is 10.3. The van der Waals surface area contributed by atoms with Gasteiger partial charge in [-0.1, -0.05) is 218 Å². The number of rotatable bonds is 12. The molecule has 0 aliphatic rings. The molecule has 6 nitrogen and oxygen atoms in total. The number of aromatic nitrogens is 4. The summed E-state index contributed by atoms with van der Waals surface area (Å²) in [5.41, 5.74) is 28.6. The molecule has 11 aromatic carbocycles. The van der Waals surface area contributed by atoms with E-state index in [1.165, 1.54) is 0 Å². The molecule has 0 bridgehead atoms. The summed E-state index contributed by atoms with van der Waals surface area (Å²) in [6, 6.07) is 113. The second-order valence-electron chi connectivity index (χ2n) is 23.3. The first-order valence-electron chi connectivity index (χ1n) is 31.0. The molecular weight excluding hydrogens is 1120 g/mol. The van der Waals surface area contributed by atoms with Gasteiger partial charge in [-0.05, 0) is 164 Å². The van der Waals surface area contributed by atoms with Gasteiger partial charge in [-0.15, -0.1) is 0 Å². The van der Waals surface area contributed by atoms with Crippen LogP contribution in [0.5, 0.6) is 0 Å². The average molecular weight is 1180 g/mol. The molecule has 6 heterocycles. The van der Waals surface area contributed by atoms with Gasteiger partial charge in [0.25, 0.3) is 0 Å². The van der Waals surface area contributed by atoms with Crippen LogP contribution in [0.4, 0.5) is 0 Å². The van der Waals surface area contributed by atoms with Gasteiger partial charge in [-0.2, -0.15) is 0 Å². The molecule has 0 spiro atoms. The minimum atomic E-state index is 0.775. The van der Waals surface area contributed by atoms with Crippen LogP contribution in [0.3, 0.4) is 0 Å². The Bertz CT molecular complexity index is 5530. The number of fused-ring (bicyclic) bond motifs is 6. The highest BCUT2D eigenvalue weighted by Gasteiger charge is 2.20. The Morgan fingerprint density at radius 3 is 1.28 bits per heavy atom. The van der Waals surface area contributed by atoms with Crippen LogP contribution >= 0.6 is 0 Å². The molecule has 0 N–H and O–H groups in total. The van der Waals surface area contributed by atoms with E-state index in [4.69, 9.17) is 28.8 Å². The Morgan fingerprint density at radius 1 is 0.196 bits per heavy atom. The van der Waals surface area contributed by atoms with Crippen molar-refractivity contribution in [1.29, 1.82) is 0 Å². The van der Waals surface area contributed by atoms with Crippen molar-refractivity contribution in [2.75, 3.05) is 0 Å². The van der Waals surface area contributed by atoms with Crippen LogP contribution in [-0.2, 0) is 0 Å². The number of furan rings is 2. The van der Waals surface area contributed by atoms with Crippen LogP contribution in [-0.4, -0.2) is 19.9 Å². The average Bonchev–Trinajstić information content (AvgIpc) is 1.65. The Balaban J connectivity index is 0.676. The van der Waals surface area contributed by atoms with E-state index >= 15 is 0 Å². The van der Waals surface area contributed by atoms with Gasteiger partial charge in [-0.3, -0.25) is 4.98 Å². The predicted molar refractivity (Wildman–Crippen MR) is 377 cm³/mol. The molecule has 0 radical (unpaired) electrons. The van der Waals surface area contributed by atoms with Gasteiger partial charge in [0.15, 0.2) is 5.58 Å². The van der Waals surface area contributed by atoms with E-state index in [0.29, 0.717) is 0 Å². The molecule has 0 aliphatic carbocycles. The highest BCUT2D eigenvalue weighted by Crippen LogP contribution is 2.42. The van der Waals surface area contributed by atoms with Crippen molar-refractivity contribution in [3.05, 3.63) is 328 Å². The Hall–Kier alpha value is -12.4. The summed E-state index contributed by atoms with van der Waals surface area (Å²) in [5, 5.41) is 3.12. The van der Waals surface area contributed by atoms with Crippen LogP contribution in [0.25, 0.3) is 178 Å². The Labute approximate surface area is 531 Å². The molecule has 0 saturated heterocycles. The minimum absolute atomic E-state index is 0.775. The number of hydrogen-bond donors (Lipinski definition) is 0. The van der Waals surface area contributed by atoms with E-state index in [0.717, 1.165) is 178 Å². The summed E-state index contributed by atoms with van der Waals surface area (Å²) in [5.74, 6) is 0. The lowest BCUT2D eigenvalue weighted by Gasteiger charge is -2.14. The molecule has 17 rings (SSSR count). The van der Waals surface area contributed by atoms with Crippen LogP contribution in [0.1, 0.15) is 0 Å². The lowest BCUT2D eigenvalue weighted by molar-refractivity contribution is 0.669. The van der Waals surface area contributed by atoms with Crippen molar-refractivity contribution in [2.45, 2.75) is 0 Å². The molecule has 6 aromatic heterocycles. The van der Waals surface area contributed by atoms with Gasteiger partial charge < -0.3 is 8.83 Å². The number of para-hydroxylation sites is 1. The molecule has 0 unspecified atom stereocenters. The predicted octanol–water partition coefficient (Wildman–Crippen LogP) is 23.1. The van der Waals surface area contributed by atoms with Gasteiger partial charge in [0.2, 0.25) is 0 Å². The van der Waals surface area contributed by atoms with Crippen LogP contribution in [0.2, 0.25) is 0 Å². The number of nitrogens with zero attached hydrogens (tertiary/aromatic N) is 4. The van der Waals surface area contributed by atoms with Crippen molar-refractivity contribution < 1.29 is 8.83 Å². The zero-order chi connectivity index (χ0) is 60.9. The monoisotopic (exact) mass is 1170 g/mol. The highest BCUT2D eigenvalue weighted by atomic mass is 16.3. The third-order valence-electron chi connectivity index (χ3n) is 17.5. The van der Waals surface area contributed by atoms with Gasteiger partial charge in [-0.25, -0.2) is 15.0 Å². The fourth-order valence-corrected chi connectivity index (χ4v) is 12.8. The second kappa shape index (κ2) is 23.0. The lowest BCUT2D eigenvalue weighted by atomic mass is 9.94. The zero-order valence-electron chi connectivity index (χ0n) is 49.8. The van der Waals surface area contributed by atoms with Gasteiger partial charge in [0, 0.05) is 61.3 Å². The molecule has 17 aromatic rings. The third-order valence-corrected chi connectivity index (χ3v) is 17.5. The first kappa shape index (κ1) is 53.8. The SMILES string of the molecule is c1ccc(-c2cc(-c3ccccc3)cc(-c3cc(-c4ccccn4)cc(-c4ccc(-c5ccc6oc7cc(-c8cccc(-c9cc(-c%10ccc(-c%11cc(-c%12ccccc%12)nc%12c%11oc%11ccccc%11%12)cc%10)cc(-c%10ccccc%10)n9)c8)ccc7c6c5)cc4)n3)c2)cc1. The minimum Gasteiger partial charge on any atom is -0.456 e. The topological polar surface area (TPSA) is 77.8 Å². The van der Waals surface area contributed by atoms with E-state index in [1.807, 2.05) is 48.7 Å². The maximum Gasteiger partial charge on any atom is 0.161 e. The normalized spacial score (nSPS) is 11.5. The number of benzene rings is 11. The summed E-state index contributed by atoms with van der Waals surface area (Å²) in [6.07, 6.45) is 1.85. The number of pyridine rings is 4. The maximum absolute atomic E-state index is 6.65. The van der Waals surface area contributed by atoms with E-state index in [9.17, 15) is 0 Å². The second-order valence-corrected chi connectivity index (χ2v) is 23.3. The van der Waals surface area contributed by atoms with Crippen LogP contribution in [0.15, 0.2) is 337 Å². The van der Waals surface area contributed by atoms with Crippen molar-refractivity contribution in [2.24, 2.45) is 0 Å². The fourth-order valence-electron chi connectivity index (χ4n) is 12.8. The first-order chi connectivity index (χ1) is 45.5. The Morgan fingerprint density at radius 2 is 0.620 bits per heavy atom. The largest absolute Gasteiger partial charge is 0.456 e. The molecule has 0 atom stereocenters. The smallest absolute Gasteiger partial charge is 0.161 e. The highest BCUT2D eigenvalue weighted by molar-refractivity contribution is 6.09. The van der Waals surface area contributed by atoms with E-state index < -0.39 is 0 Å². The van der Waals surface area contributed by atoms with Crippen molar-refractivity contribution >= 4 is 44.0 Å². The maximum atomic E-state index is 6.65. The molecule has 0 aliphatic heterocycles. The molecule has 6 heteroatoms. The van der Waals surface area contributed by atoms with Gasteiger partial charge in [0.1, 0.15) is 22.3 Å². The number of hydrogen-bond acceptors (Lipinski definition) is 6. The van der Waals surface area contributed by atoms with E-state index in [-0.39, 0.29) is 0 Å². The quantitative estimate of drug-likeness (QED) is 0.121. The van der Waals surface area contributed by atoms with Crippen LogP contribution in [0, 0.1) is 0 Å². The molecule has 0 amide bonds. The fraction of sp³-hybridized carbons (Fsp3) is 0. The van der Waals surface area contributed by atoms with E-state index in [2.05, 4.69) is 279 Å². The standard InChI is InChI=1S/C86H54N4O2/c1-5-18-55(19-6-1)67-45-68(56-20-7-2-8-21-56)47-70(46-67)80-52-71(76-29-15-16-43-87-76)51-78(89-80)62-37-33-57(34-38-62)64-40-42-83-75(48-64)72-41-39-65(53-84(72)91-83)63-26-17-27-66(44-63)79-50-69(49-77(88-79)60-22-9-3-10-23-60)58-31-35-59(36-32-58)74-54-81(61-24-11-4-12-25-61)90-85-73-28-13-14-30-82(73)92-86(74)85/h1-54H. The van der Waals surface area contributed by atoms with E-state index in [1.54, 1.807) is 0 Å². The summed E-state index contributed by atoms with van der Waals surface area (Å²) < 4.78 is 13.2. The van der Waals surface area contributed by atoms with Crippen molar-refractivity contribution in [3.63, 3.8) is 0 Å². The lowest BCUT2D eigenvalue weighted by Crippen LogP contribution is -1.94.